The van der Waals surface area contributed by atoms with Crippen molar-refractivity contribution in [2.75, 3.05) is 12.1 Å². The van der Waals surface area contributed by atoms with Gasteiger partial charge in [-0.1, -0.05) is 0 Å². The molecule has 0 bridgehead atoms. The largest absolute Gasteiger partial charge is 0.497 e. The summed E-state index contributed by atoms with van der Waals surface area (Å²) in [5.41, 5.74) is 1.01. The summed E-state index contributed by atoms with van der Waals surface area (Å²) >= 11 is 0. The third kappa shape index (κ3) is 2.73. The Hall–Kier alpha value is -3.29. The fraction of sp³-hybridized carbons (Fsp3) is 0.133. The molecular weight excluding hydrogens is 300 g/mol. The van der Waals surface area contributed by atoms with E-state index in [2.05, 4.69) is 10.1 Å². The highest BCUT2D eigenvalue weighted by atomic mass is 16.6. The maximum Gasteiger partial charge on any atom is 0.313 e. The van der Waals surface area contributed by atoms with Gasteiger partial charge in [-0.2, -0.15) is 10.1 Å². The molecule has 1 amide bonds. The molecule has 2 heterocycles. The third-order valence-electron chi connectivity index (χ3n) is 3.36. The highest BCUT2D eigenvalue weighted by Gasteiger charge is 2.31. The molecule has 116 valence electrons. The molecule has 0 fully saturated rings. The molecule has 0 spiro atoms. The number of carbonyl (C=O) groups is 1. The lowest BCUT2D eigenvalue weighted by Crippen LogP contribution is -2.21. The van der Waals surface area contributed by atoms with Gasteiger partial charge in [0.1, 0.15) is 5.75 Å². The van der Waals surface area contributed by atoms with Crippen LogP contribution in [0.25, 0.3) is 0 Å². The number of rotatable bonds is 4. The van der Waals surface area contributed by atoms with E-state index in [9.17, 15) is 14.9 Å². The lowest BCUT2D eigenvalue weighted by Gasteiger charge is -2.09. The molecule has 1 aliphatic heterocycles. The number of hydrogen-bond acceptors (Lipinski definition) is 6. The van der Waals surface area contributed by atoms with Gasteiger partial charge in [0.2, 0.25) is 5.82 Å². The summed E-state index contributed by atoms with van der Waals surface area (Å²) in [6.45, 7) is 0. The van der Waals surface area contributed by atoms with Crippen molar-refractivity contribution in [3.63, 3.8) is 0 Å². The Morgan fingerprint density at radius 2 is 2.00 bits per heavy atom. The predicted molar refractivity (Wildman–Crippen MR) is 82.5 cm³/mol. The Balaban J connectivity index is 1.97. The van der Waals surface area contributed by atoms with Crippen LogP contribution in [0.15, 0.2) is 47.7 Å². The quantitative estimate of drug-likeness (QED) is 0.636. The molecule has 8 heteroatoms. The first-order valence-corrected chi connectivity index (χ1v) is 6.74. The van der Waals surface area contributed by atoms with E-state index in [0.29, 0.717) is 11.5 Å². The van der Waals surface area contributed by atoms with E-state index in [1.54, 1.807) is 31.4 Å². The highest BCUT2D eigenvalue weighted by molar-refractivity contribution is 6.19. The standard InChI is InChI=1S/C15H12N4O4/c1-23-11-6-4-10(5-7-11)12-9-14(20)18(17-12)15-13(19(21)22)3-2-8-16-15/h2-8H,9H2,1H3. The summed E-state index contributed by atoms with van der Waals surface area (Å²) in [6.07, 6.45) is 1.44. The molecular formula is C15H12N4O4. The zero-order chi connectivity index (χ0) is 16.4. The number of benzene rings is 1. The molecule has 2 aromatic rings. The highest BCUT2D eigenvalue weighted by Crippen LogP contribution is 2.29. The minimum Gasteiger partial charge on any atom is -0.497 e. The molecule has 0 saturated heterocycles. The molecule has 3 rings (SSSR count). The zero-order valence-electron chi connectivity index (χ0n) is 12.2. The number of amides is 1. The monoisotopic (exact) mass is 312 g/mol. The van der Waals surface area contributed by atoms with Crippen LogP contribution >= 0.6 is 0 Å². The van der Waals surface area contributed by atoms with E-state index in [-0.39, 0.29) is 23.8 Å². The SMILES string of the molecule is COc1ccc(C2=NN(c3ncccc3[N+](=O)[O-])C(=O)C2)cc1. The number of nitro groups is 1. The second kappa shape index (κ2) is 5.84. The third-order valence-corrected chi connectivity index (χ3v) is 3.36. The van der Waals surface area contributed by atoms with Crippen molar-refractivity contribution in [2.45, 2.75) is 6.42 Å². The average molecular weight is 312 g/mol. The van der Waals surface area contributed by atoms with Crippen LogP contribution in [0.5, 0.6) is 5.75 Å². The fourth-order valence-corrected chi connectivity index (χ4v) is 2.23. The van der Waals surface area contributed by atoms with Gasteiger partial charge in [-0.15, -0.1) is 0 Å². The van der Waals surface area contributed by atoms with E-state index in [4.69, 9.17) is 4.74 Å². The van der Waals surface area contributed by atoms with Crippen molar-refractivity contribution >= 4 is 23.1 Å². The van der Waals surface area contributed by atoms with Gasteiger partial charge in [-0.3, -0.25) is 14.9 Å². The Kier molecular flexibility index (Phi) is 3.71. The van der Waals surface area contributed by atoms with E-state index in [0.717, 1.165) is 10.6 Å². The van der Waals surface area contributed by atoms with Gasteiger partial charge < -0.3 is 4.74 Å². The Bertz CT molecular complexity index is 801. The topological polar surface area (TPSA) is 97.9 Å². The number of anilines is 1. The van der Waals surface area contributed by atoms with Gasteiger partial charge >= 0.3 is 5.69 Å². The summed E-state index contributed by atoms with van der Waals surface area (Å²) in [6, 6.07) is 9.80. The number of methoxy groups -OCH3 is 1. The average Bonchev–Trinajstić information content (AvgIpc) is 2.96. The van der Waals surface area contributed by atoms with Gasteiger partial charge in [0.15, 0.2) is 0 Å². The van der Waals surface area contributed by atoms with Crippen LogP contribution in [-0.2, 0) is 4.79 Å². The first kappa shape index (κ1) is 14.6. The lowest BCUT2D eigenvalue weighted by atomic mass is 10.1. The number of ether oxygens (including phenoxy) is 1. The summed E-state index contributed by atoms with van der Waals surface area (Å²) in [7, 11) is 1.56. The molecule has 0 unspecified atom stereocenters. The Morgan fingerprint density at radius 1 is 1.26 bits per heavy atom. The van der Waals surface area contributed by atoms with Gasteiger partial charge in [0.05, 0.1) is 24.2 Å². The first-order valence-electron chi connectivity index (χ1n) is 6.74. The maximum absolute atomic E-state index is 12.2. The summed E-state index contributed by atoms with van der Waals surface area (Å²) in [5, 5.41) is 16.3. The van der Waals surface area contributed by atoms with Gasteiger partial charge in [-0.25, -0.2) is 4.98 Å². The summed E-state index contributed by atoms with van der Waals surface area (Å²) in [4.78, 5) is 26.6. The number of pyridine rings is 1. The number of hydrogen-bond donors (Lipinski definition) is 0. The molecule has 8 nitrogen and oxygen atoms in total. The van der Waals surface area contributed by atoms with Gasteiger partial charge in [0, 0.05) is 12.3 Å². The molecule has 0 aliphatic carbocycles. The van der Waals surface area contributed by atoms with E-state index >= 15 is 0 Å². The summed E-state index contributed by atoms with van der Waals surface area (Å²) < 4.78 is 5.08. The van der Waals surface area contributed by atoms with E-state index in [1.807, 2.05) is 0 Å². The second-order valence-electron chi connectivity index (χ2n) is 4.76. The minimum atomic E-state index is -0.587. The molecule has 0 atom stereocenters. The first-order chi connectivity index (χ1) is 11.1. The van der Waals surface area contributed by atoms with Crippen LogP contribution in [0.4, 0.5) is 11.5 Å². The van der Waals surface area contributed by atoms with Crippen LogP contribution in [-0.4, -0.2) is 28.6 Å². The molecule has 0 saturated carbocycles. The number of carbonyl (C=O) groups excluding carboxylic acids is 1. The lowest BCUT2D eigenvalue weighted by molar-refractivity contribution is -0.384. The summed E-state index contributed by atoms with van der Waals surface area (Å²) in [5.74, 6) is 0.250. The predicted octanol–water partition coefficient (Wildman–Crippen LogP) is 2.14. The van der Waals surface area contributed by atoms with Crippen LogP contribution in [0, 0.1) is 10.1 Å². The van der Waals surface area contributed by atoms with E-state index in [1.165, 1.54) is 18.3 Å². The fourth-order valence-electron chi connectivity index (χ4n) is 2.23. The number of hydrazone groups is 1. The zero-order valence-corrected chi connectivity index (χ0v) is 12.2. The molecule has 1 aromatic heterocycles. The maximum atomic E-state index is 12.2. The smallest absolute Gasteiger partial charge is 0.313 e. The van der Waals surface area contributed by atoms with Crippen molar-refractivity contribution in [1.29, 1.82) is 0 Å². The molecule has 23 heavy (non-hydrogen) atoms. The van der Waals surface area contributed by atoms with Crippen molar-refractivity contribution in [2.24, 2.45) is 5.10 Å². The van der Waals surface area contributed by atoms with Crippen molar-refractivity contribution in [1.82, 2.24) is 4.98 Å². The number of aromatic nitrogens is 1. The Labute approximate surface area is 131 Å². The van der Waals surface area contributed by atoms with Crippen LogP contribution in [0.3, 0.4) is 0 Å². The van der Waals surface area contributed by atoms with E-state index < -0.39 is 4.92 Å². The number of nitrogens with zero attached hydrogens (tertiary/aromatic N) is 4. The van der Waals surface area contributed by atoms with Crippen molar-refractivity contribution < 1.29 is 14.5 Å². The molecule has 1 aromatic carbocycles. The van der Waals surface area contributed by atoms with Crippen LogP contribution in [0.2, 0.25) is 0 Å². The normalized spacial score (nSPS) is 13.9. The van der Waals surface area contributed by atoms with Crippen LogP contribution < -0.4 is 9.75 Å². The molecule has 1 aliphatic rings. The van der Waals surface area contributed by atoms with Gasteiger partial charge in [-0.05, 0) is 35.9 Å². The van der Waals surface area contributed by atoms with Gasteiger partial charge in [0.25, 0.3) is 5.91 Å². The second-order valence-corrected chi connectivity index (χ2v) is 4.76. The molecule has 0 N–H and O–H groups in total. The van der Waals surface area contributed by atoms with Crippen molar-refractivity contribution in [3.8, 4) is 5.75 Å². The van der Waals surface area contributed by atoms with Crippen LogP contribution in [0.1, 0.15) is 12.0 Å². The molecule has 0 radical (unpaired) electrons. The van der Waals surface area contributed by atoms with Crippen molar-refractivity contribution in [3.05, 3.63) is 58.3 Å². The Morgan fingerprint density at radius 3 is 2.65 bits per heavy atom. The minimum absolute atomic E-state index is 0.0556.